The number of hydrogen-bond acceptors (Lipinski definition) is 2. The zero-order valence-electron chi connectivity index (χ0n) is 22.6. The van der Waals surface area contributed by atoms with E-state index < -0.39 is 0 Å². The van der Waals surface area contributed by atoms with Crippen molar-refractivity contribution in [3.63, 3.8) is 0 Å². The molecule has 2 heterocycles. The van der Waals surface area contributed by atoms with Crippen LogP contribution in [0.1, 0.15) is 128 Å². The van der Waals surface area contributed by atoms with Crippen LogP contribution in [0.4, 0.5) is 0 Å². The van der Waals surface area contributed by atoms with E-state index in [0.717, 1.165) is 49.4 Å². The highest BCUT2D eigenvalue weighted by Crippen LogP contribution is 2.52. The van der Waals surface area contributed by atoms with E-state index in [1.165, 1.54) is 103 Å². The van der Waals surface area contributed by atoms with Crippen LogP contribution in [0.15, 0.2) is 0 Å². The molecule has 0 bridgehead atoms. The maximum atomic E-state index is 14.3. The Balaban J connectivity index is 1.09. The maximum absolute atomic E-state index is 14.3. The van der Waals surface area contributed by atoms with Gasteiger partial charge in [0.25, 0.3) is 0 Å². The lowest BCUT2D eigenvalue weighted by Gasteiger charge is -2.41. The molecule has 4 nitrogen and oxygen atoms in total. The van der Waals surface area contributed by atoms with Crippen molar-refractivity contribution in [2.24, 2.45) is 35.5 Å². The number of fused-ring (bicyclic) bond motifs is 6. The first-order chi connectivity index (χ1) is 17.7. The molecule has 4 heteroatoms. The molecule has 2 amide bonds. The summed E-state index contributed by atoms with van der Waals surface area (Å²) >= 11 is 0. The summed E-state index contributed by atoms with van der Waals surface area (Å²) in [6.07, 6.45) is 25.0. The third-order valence-electron chi connectivity index (χ3n) is 12.5. The molecular formula is C32H50N2O2. The standard InChI is InChI=1S/C32H50N2O2/c35-31(33-27-16-5-1-12-23(27)24-13-2-6-17-28(24)33)21-10-9-11-22(20-21)32(36)34-29-18-7-3-14-25(29)26-15-4-8-19-30(26)34/h21-30H,1-20H2. The molecule has 0 radical (unpaired) electrons. The van der Waals surface area contributed by atoms with Gasteiger partial charge in [0.15, 0.2) is 0 Å². The van der Waals surface area contributed by atoms with E-state index in [9.17, 15) is 9.59 Å². The van der Waals surface area contributed by atoms with Crippen LogP contribution in [0.2, 0.25) is 0 Å². The molecule has 10 unspecified atom stereocenters. The fourth-order valence-electron chi connectivity index (χ4n) is 11.1. The van der Waals surface area contributed by atoms with E-state index in [1.54, 1.807) is 0 Å². The largest absolute Gasteiger partial charge is 0.336 e. The van der Waals surface area contributed by atoms with Gasteiger partial charge in [0, 0.05) is 36.0 Å². The molecule has 7 aliphatic rings. The minimum Gasteiger partial charge on any atom is -0.336 e. The lowest BCUT2D eigenvalue weighted by atomic mass is 9.73. The molecular weight excluding hydrogens is 444 g/mol. The Hall–Kier alpha value is -1.06. The zero-order valence-corrected chi connectivity index (χ0v) is 22.6. The second-order valence-corrected chi connectivity index (χ2v) is 14.1. The van der Waals surface area contributed by atoms with E-state index in [2.05, 4.69) is 9.80 Å². The molecule has 7 fully saturated rings. The van der Waals surface area contributed by atoms with Crippen LogP contribution in [0.3, 0.4) is 0 Å². The summed E-state index contributed by atoms with van der Waals surface area (Å²) in [7, 11) is 0. The van der Waals surface area contributed by atoms with Gasteiger partial charge in [-0.3, -0.25) is 9.59 Å². The number of hydrogen-bond donors (Lipinski definition) is 0. The minimum absolute atomic E-state index is 0.0999. The van der Waals surface area contributed by atoms with Crippen molar-refractivity contribution in [3.8, 4) is 0 Å². The second kappa shape index (κ2) is 9.92. The number of nitrogens with zero attached hydrogens (tertiary/aromatic N) is 2. The van der Waals surface area contributed by atoms with Crippen molar-refractivity contribution in [2.75, 3.05) is 0 Å². The Bertz CT molecular complexity index is 732. The number of likely N-dealkylation sites (tertiary alicyclic amines) is 2. The monoisotopic (exact) mass is 494 g/mol. The number of carbonyl (C=O) groups is 2. The molecule has 0 aromatic carbocycles. The third kappa shape index (κ3) is 3.89. The van der Waals surface area contributed by atoms with Gasteiger partial charge in [-0.2, -0.15) is 0 Å². The Kier molecular flexibility index (Phi) is 6.61. The van der Waals surface area contributed by atoms with Gasteiger partial charge in [-0.15, -0.1) is 0 Å². The van der Waals surface area contributed by atoms with Crippen molar-refractivity contribution < 1.29 is 9.59 Å². The number of carbonyl (C=O) groups excluding carboxylic acids is 2. The maximum Gasteiger partial charge on any atom is 0.226 e. The van der Waals surface area contributed by atoms with Crippen molar-refractivity contribution in [3.05, 3.63) is 0 Å². The fourth-order valence-corrected chi connectivity index (χ4v) is 11.1. The molecule has 0 aromatic rings. The second-order valence-electron chi connectivity index (χ2n) is 14.1. The number of amides is 2. The average Bonchev–Trinajstić information content (AvgIpc) is 3.46. The lowest BCUT2D eigenvalue weighted by Crippen LogP contribution is -2.50. The predicted octanol–water partition coefficient (Wildman–Crippen LogP) is 6.71. The summed E-state index contributed by atoms with van der Waals surface area (Å²) in [6.45, 7) is 0. The first-order valence-electron chi connectivity index (χ1n) is 16.4. The summed E-state index contributed by atoms with van der Waals surface area (Å²) in [4.78, 5) is 33.4. The van der Waals surface area contributed by atoms with Crippen molar-refractivity contribution in [1.82, 2.24) is 9.80 Å². The van der Waals surface area contributed by atoms with Crippen molar-refractivity contribution in [1.29, 1.82) is 0 Å². The Morgan fingerprint density at radius 2 is 0.694 bits per heavy atom. The molecule has 10 atom stereocenters. The van der Waals surface area contributed by atoms with E-state index in [4.69, 9.17) is 0 Å². The molecule has 5 saturated carbocycles. The van der Waals surface area contributed by atoms with Crippen LogP contribution in [-0.4, -0.2) is 45.8 Å². The summed E-state index contributed by atoms with van der Waals surface area (Å²) in [5.74, 6) is 4.20. The highest BCUT2D eigenvalue weighted by molar-refractivity contribution is 5.84. The van der Waals surface area contributed by atoms with Crippen LogP contribution < -0.4 is 0 Å². The van der Waals surface area contributed by atoms with Gasteiger partial charge in [0.05, 0.1) is 0 Å². The Morgan fingerprint density at radius 3 is 1.03 bits per heavy atom. The average molecular weight is 495 g/mol. The smallest absolute Gasteiger partial charge is 0.226 e. The third-order valence-corrected chi connectivity index (χ3v) is 12.5. The quantitative estimate of drug-likeness (QED) is 0.428. The summed E-state index contributed by atoms with van der Waals surface area (Å²) in [5, 5.41) is 0. The van der Waals surface area contributed by atoms with E-state index in [-0.39, 0.29) is 11.8 Å². The van der Waals surface area contributed by atoms with E-state index in [0.29, 0.717) is 36.0 Å². The molecule has 0 spiro atoms. The van der Waals surface area contributed by atoms with Crippen LogP contribution in [0, 0.1) is 35.5 Å². The molecule has 0 N–H and O–H groups in total. The zero-order chi connectivity index (χ0) is 24.2. The topological polar surface area (TPSA) is 40.6 Å². The Labute approximate surface area is 219 Å². The van der Waals surface area contributed by atoms with Gasteiger partial charge in [-0.1, -0.05) is 57.8 Å². The van der Waals surface area contributed by atoms with Crippen molar-refractivity contribution >= 4 is 11.8 Å². The molecule has 200 valence electrons. The molecule has 2 aliphatic heterocycles. The van der Waals surface area contributed by atoms with Crippen molar-refractivity contribution in [2.45, 2.75) is 153 Å². The molecule has 7 rings (SSSR count). The molecule has 36 heavy (non-hydrogen) atoms. The molecule has 0 aromatic heterocycles. The van der Waals surface area contributed by atoms with Gasteiger partial charge in [0.1, 0.15) is 0 Å². The van der Waals surface area contributed by atoms with Gasteiger partial charge >= 0.3 is 0 Å². The van der Waals surface area contributed by atoms with E-state index in [1.807, 2.05) is 0 Å². The van der Waals surface area contributed by atoms with Gasteiger partial charge < -0.3 is 9.80 Å². The molecule has 5 aliphatic carbocycles. The normalized spacial score (nSPS) is 46.4. The van der Waals surface area contributed by atoms with Gasteiger partial charge in [-0.05, 0) is 94.3 Å². The SMILES string of the molecule is O=C(C1CCCC(C(=O)N2C3CCCCC3C3CCCCC32)C1)N1C2CCCCC2C2CCCCC21. The van der Waals surface area contributed by atoms with Crippen LogP contribution in [0.5, 0.6) is 0 Å². The first-order valence-corrected chi connectivity index (χ1v) is 16.4. The number of rotatable bonds is 2. The summed E-state index contributed by atoms with van der Waals surface area (Å²) < 4.78 is 0. The highest BCUT2D eigenvalue weighted by atomic mass is 16.2. The van der Waals surface area contributed by atoms with Crippen LogP contribution >= 0.6 is 0 Å². The summed E-state index contributed by atoms with van der Waals surface area (Å²) in [5.41, 5.74) is 0. The minimum atomic E-state index is 0.0999. The predicted molar refractivity (Wildman–Crippen MR) is 142 cm³/mol. The van der Waals surface area contributed by atoms with Crippen LogP contribution in [0.25, 0.3) is 0 Å². The molecule has 2 saturated heterocycles. The van der Waals surface area contributed by atoms with Crippen LogP contribution in [-0.2, 0) is 9.59 Å². The first kappa shape index (κ1) is 24.0. The highest BCUT2D eigenvalue weighted by Gasteiger charge is 2.55. The lowest BCUT2D eigenvalue weighted by molar-refractivity contribution is -0.146. The van der Waals surface area contributed by atoms with Gasteiger partial charge in [-0.25, -0.2) is 0 Å². The van der Waals surface area contributed by atoms with E-state index >= 15 is 0 Å². The fraction of sp³-hybridized carbons (Fsp3) is 0.938. The van der Waals surface area contributed by atoms with Gasteiger partial charge in [0.2, 0.25) is 11.8 Å². The Morgan fingerprint density at radius 1 is 0.389 bits per heavy atom. The summed E-state index contributed by atoms with van der Waals surface area (Å²) in [6, 6.07) is 2.06.